The Morgan fingerprint density at radius 1 is 0.480 bits per heavy atom. The summed E-state index contributed by atoms with van der Waals surface area (Å²) in [6.45, 7) is 0.983. The number of rotatable bonds is 12. The van der Waals surface area contributed by atoms with E-state index < -0.39 is 5.91 Å². The quantitative estimate of drug-likeness (QED) is 0.0453. The lowest BCUT2D eigenvalue weighted by Gasteiger charge is -2.22. The molecule has 0 saturated carbocycles. The zero-order valence-corrected chi connectivity index (χ0v) is 41.7. The predicted molar refractivity (Wildman–Crippen MR) is 282 cm³/mol. The number of nitrogens with zero attached hydrogens (tertiary/aromatic N) is 18. The molecule has 0 spiro atoms. The van der Waals surface area contributed by atoms with Gasteiger partial charge in [-0.3, -0.25) is 49.9 Å². The Morgan fingerprint density at radius 3 is 1.11 bits per heavy atom. The summed E-state index contributed by atoms with van der Waals surface area (Å²) in [5.41, 5.74) is 9.58. The first kappa shape index (κ1) is 54.2. The molecule has 0 fully saturated rings. The first-order valence-corrected chi connectivity index (χ1v) is 22.9. The van der Waals surface area contributed by atoms with Crippen LogP contribution in [0.5, 0.6) is 0 Å². The van der Waals surface area contributed by atoms with E-state index in [1.54, 1.807) is 184 Å². The summed E-state index contributed by atoms with van der Waals surface area (Å²) in [4.78, 5) is 91.3. The summed E-state index contributed by atoms with van der Waals surface area (Å²) in [6.07, 6.45) is 38.8. The first-order valence-electron chi connectivity index (χ1n) is 21.8. The average molecular weight is 1120 g/mol. The van der Waals surface area contributed by atoms with Crippen LogP contribution in [0.25, 0.3) is 0 Å². The SMILES string of the molecule is COC(=O)c1ccc(CN(c2cnccn2)c2cnccn2)cc1.Ic1cnccn1.Nc1cnccn1.O=C(NO)c1ccc(CN(c2cnccn2)c2cnccn2)cc1.c1cnc(Nc2cnccn2)cn1. The van der Waals surface area contributed by atoms with Gasteiger partial charge in [-0.1, -0.05) is 24.3 Å². The van der Waals surface area contributed by atoms with Crippen molar-refractivity contribution in [2.45, 2.75) is 13.1 Å². The fourth-order valence-corrected chi connectivity index (χ4v) is 6.11. The van der Waals surface area contributed by atoms with Crippen LogP contribution < -0.4 is 26.3 Å². The van der Waals surface area contributed by atoms with Crippen molar-refractivity contribution in [3.05, 3.63) is 223 Å². The largest absolute Gasteiger partial charge is 0.465 e. The van der Waals surface area contributed by atoms with Crippen LogP contribution in [0, 0.1) is 3.70 Å². The number of aromatic nitrogens is 16. The normalized spacial score (nSPS) is 9.80. The molecule has 0 aliphatic rings. The van der Waals surface area contributed by atoms with Gasteiger partial charge in [0, 0.05) is 105 Å². The summed E-state index contributed by atoms with van der Waals surface area (Å²) in [6, 6.07) is 14.0. The molecule has 0 atom stereocenters. The van der Waals surface area contributed by atoms with Crippen LogP contribution in [-0.2, 0) is 17.8 Å². The number of carbonyl (C=O) groups is 2. The molecule has 376 valence electrons. The average Bonchev–Trinajstić information content (AvgIpc) is 3.48. The highest BCUT2D eigenvalue weighted by atomic mass is 127. The fourth-order valence-electron chi connectivity index (χ4n) is 5.79. The third-order valence-electron chi connectivity index (χ3n) is 9.18. The van der Waals surface area contributed by atoms with Gasteiger partial charge in [0.2, 0.25) is 0 Å². The van der Waals surface area contributed by atoms with Gasteiger partial charge in [0.15, 0.2) is 23.3 Å². The van der Waals surface area contributed by atoms with Gasteiger partial charge in [0.05, 0.1) is 75.3 Å². The van der Waals surface area contributed by atoms with Crippen molar-refractivity contribution < 1.29 is 19.5 Å². The maximum atomic E-state index is 11.5. The molecule has 10 rings (SSSR count). The number of amides is 1. The second-order valence-corrected chi connectivity index (χ2v) is 15.3. The van der Waals surface area contributed by atoms with Crippen molar-refractivity contribution in [3.63, 3.8) is 0 Å². The van der Waals surface area contributed by atoms with Gasteiger partial charge >= 0.3 is 5.97 Å². The molecular formula is C49H44IN21O4. The van der Waals surface area contributed by atoms with Crippen LogP contribution >= 0.6 is 22.6 Å². The van der Waals surface area contributed by atoms with Crippen LogP contribution in [0.1, 0.15) is 31.8 Å². The number of nitrogens with two attached hydrogens (primary N) is 1. The number of halogens is 1. The number of benzene rings is 2. The molecule has 75 heavy (non-hydrogen) atoms. The Balaban J connectivity index is 0.000000166. The Morgan fingerprint density at radius 2 is 0.840 bits per heavy atom. The number of nitrogens with one attached hydrogen (secondary N) is 2. The molecule has 0 aliphatic heterocycles. The van der Waals surface area contributed by atoms with Gasteiger partial charge in [0.25, 0.3) is 5.91 Å². The molecular weight excluding hydrogens is 1070 g/mol. The number of ether oxygens (including phenoxy) is 1. The molecule has 8 heterocycles. The second-order valence-electron chi connectivity index (χ2n) is 14.2. The number of hydroxylamine groups is 1. The lowest BCUT2D eigenvalue weighted by Crippen LogP contribution is -2.20. The van der Waals surface area contributed by atoms with E-state index in [0.29, 0.717) is 64.9 Å². The number of esters is 1. The summed E-state index contributed by atoms with van der Waals surface area (Å²) in [5, 5.41) is 11.6. The van der Waals surface area contributed by atoms with Crippen LogP contribution in [0.4, 0.5) is 40.7 Å². The second kappa shape index (κ2) is 30.6. The first-order chi connectivity index (χ1) is 36.8. The standard InChI is InChI=1S/C17H15N5O2.C16H14N6O2.C8H7N5.C4H3IN2.C4H5N3/c1-24-17(23)14-4-2-13(3-5-14)12-22(15-10-18-6-8-20-15)16-11-19-7-9-21-16;23-16(21-24)13-3-1-12(2-4-13)11-22(14-9-17-5-7-19-14)15-10-18-6-8-20-15;1-3-11-7(5-9-1)13-8-6-10-2-4-12-8;2*5-4-3-6-1-2-7-4/h2-11H,12H2,1H3;1-10,24H,11H2,(H,21,23);1-6H,(H,11,12,13);1-3H;1-3H,(H2,5,7). The van der Waals surface area contributed by atoms with Gasteiger partial charge in [-0.15, -0.1) is 0 Å². The van der Waals surface area contributed by atoms with Gasteiger partial charge in [-0.05, 0) is 58.0 Å². The van der Waals surface area contributed by atoms with Crippen molar-refractivity contribution in [2.24, 2.45) is 0 Å². The molecule has 10 aromatic rings. The number of methoxy groups -OCH3 is 1. The number of anilines is 7. The Kier molecular flexibility index (Phi) is 22.1. The van der Waals surface area contributed by atoms with E-state index in [0.717, 1.165) is 14.8 Å². The van der Waals surface area contributed by atoms with E-state index in [9.17, 15) is 9.59 Å². The minimum Gasteiger partial charge on any atom is -0.465 e. The number of nitrogen functional groups attached to an aromatic ring is 1. The summed E-state index contributed by atoms with van der Waals surface area (Å²) in [7, 11) is 1.36. The molecule has 0 bridgehead atoms. The highest BCUT2D eigenvalue weighted by Crippen LogP contribution is 2.24. The number of hydrogen-bond acceptors (Lipinski definition) is 24. The molecule has 8 aromatic heterocycles. The summed E-state index contributed by atoms with van der Waals surface area (Å²) >= 11 is 2.11. The third-order valence-corrected chi connectivity index (χ3v) is 9.73. The van der Waals surface area contributed by atoms with Crippen LogP contribution in [0.2, 0.25) is 0 Å². The lowest BCUT2D eigenvalue weighted by atomic mass is 10.1. The Hall–Kier alpha value is -10.1. The van der Waals surface area contributed by atoms with E-state index >= 15 is 0 Å². The van der Waals surface area contributed by atoms with E-state index in [1.165, 1.54) is 13.3 Å². The molecule has 0 aliphatic carbocycles. The zero-order valence-electron chi connectivity index (χ0n) is 39.6. The monoisotopic (exact) mass is 1120 g/mol. The molecule has 25 nitrogen and oxygen atoms in total. The molecule has 2 aromatic carbocycles. The van der Waals surface area contributed by atoms with E-state index in [2.05, 4.69) is 108 Å². The number of carbonyl (C=O) groups excluding carboxylic acids is 2. The number of hydrogen-bond donors (Lipinski definition) is 4. The lowest BCUT2D eigenvalue weighted by molar-refractivity contribution is 0.0600. The Bertz CT molecular complexity index is 2850. The van der Waals surface area contributed by atoms with Gasteiger partial charge in [0.1, 0.15) is 21.2 Å². The van der Waals surface area contributed by atoms with Crippen LogP contribution in [-0.4, -0.2) is 104 Å². The minimum absolute atomic E-state index is 0.360. The maximum absolute atomic E-state index is 11.5. The molecule has 0 unspecified atom stereocenters. The minimum atomic E-state index is -0.554. The predicted octanol–water partition coefficient (Wildman–Crippen LogP) is 6.27. The molecule has 1 amide bonds. The van der Waals surface area contributed by atoms with Crippen molar-refractivity contribution >= 4 is 75.2 Å². The van der Waals surface area contributed by atoms with Gasteiger partial charge < -0.3 is 25.6 Å². The highest BCUT2D eigenvalue weighted by Gasteiger charge is 2.15. The highest BCUT2D eigenvalue weighted by molar-refractivity contribution is 14.1. The van der Waals surface area contributed by atoms with Crippen LogP contribution in [0.15, 0.2) is 197 Å². The third kappa shape index (κ3) is 18.9. The molecule has 0 saturated heterocycles. The van der Waals surface area contributed by atoms with Crippen molar-refractivity contribution in [1.82, 2.24) is 85.2 Å². The van der Waals surface area contributed by atoms with E-state index in [1.807, 2.05) is 21.9 Å². The van der Waals surface area contributed by atoms with Crippen LogP contribution in [0.3, 0.4) is 0 Å². The summed E-state index contributed by atoms with van der Waals surface area (Å²) < 4.78 is 5.64. The summed E-state index contributed by atoms with van der Waals surface area (Å²) in [5.74, 6) is 3.45. The smallest absolute Gasteiger partial charge is 0.337 e. The van der Waals surface area contributed by atoms with Crippen molar-refractivity contribution in [2.75, 3.05) is 28.0 Å². The van der Waals surface area contributed by atoms with E-state index in [-0.39, 0.29) is 5.97 Å². The van der Waals surface area contributed by atoms with Crippen molar-refractivity contribution in [1.29, 1.82) is 0 Å². The van der Waals surface area contributed by atoms with Crippen molar-refractivity contribution in [3.8, 4) is 0 Å². The zero-order chi connectivity index (χ0) is 52.7. The Labute approximate surface area is 442 Å². The molecule has 5 N–H and O–H groups in total. The fraction of sp³-hybridized carbons (Fsp3) is 0.0612. The van der Waals surface area contributed by atoms with E-state index in [4.69, 9.17) is 15.7 Å². The van der Waals surface area contributed by atoms with Gasteiger partial charge in [-0.2, -0.15) is 0 Å². The van der Waals surface area contributed by atoms with Gasteiger partial charge in [-0.25, -0.2) is 50.1 Å². The molecule has 26 heteroatoms. The topological polar surface area (TPSA) is 326 Å². The molecule has 0 radical (unpaired) electrons. The maximum Gasteiger partial charge on any atom is 0.337 e.